The molecule has 4 rings (SSSR count). The first kappa shape index (κ1) is 42.4. The van der Waals surface area contributed by atoms with Crippen molar-refractivity contribution in [3.05, 3.63) is 75.7 Å². The molecule has 0 radical (unpaired) electrons. The van der Waals surface area contributed by atoms with Gasteiger partial charge in [-0.1, -0.05) is 38.5 Å². The smallest absolute Gasteiger partial charge is 0.425 e. The van der Waals surface area contributed by atoms with Crippen molar-refractivity contribution in [1.82, 2.24) is 14.8 Å². The zero-order valence-electron chi connectivity index (χ0n) is 30.0. The summed E-state index contributed by atoms with van der Waals surface area (Å²) in [5.41, 5.74) is -5.36. The number of halogens is 6. The highest BCUT2D eigenvalue weighted by Crippen LogP contribution is 2.43. The van der Waals surface area contributed by atoms with Crippen LogP contribution in [-0.2, 0) is 27.5 Å². The Hall–Kier alpha value is -4.38. The first-order chi connectivity index (χ1) is 25.4. The van der Waals surface area contributed by atoms with Crippen molar-refractivity contribution >= 4 is 29.1 Å². The second kappa shape index (κ2) is 17.4. The standard InChI is InChI=1S/C37H43F6N3O7S/c1-4-11-28-35(53-24-22-29(54-23-24)37(41,42)43,16-10-19-46(28)32(49)31-26(36(38,39)40)13-8-18-44-31)33(50)45(3)20-17-34(51,5-2)25-12-6-7-14-27(25)52-21-9-15-30(47)48/h6-8,12-14,18,22-23,28,51H,4-5,9-11,15-17,19-21H2,1-3H3,(H,47,48)/t28-,34?,35+/m1/s1. The molecule has 2 amide bonds. The van der Waals surface area contributed by atoms with Crippen LogP contribution in [0.4, 0.5) is 26.3 Å². The molecule has 3 heterocycles. The van der Waals surface area contributed by atoms with E-state index < -0.39 is 63.5 Å². The lowest BCUT2D eigenvalue weighted by atomic mass is 9.79. The molecule has 1 aliphatic heterocycles. The fraction of sp³-hybridized carbons (Fsp3) is 0.514. The summed E-state index contributed by atoms with van der Waals surface area (Å²) in [6.45, 7) is 3.32. The van der Waals surface area contributed by atoms with E-state index >= 15 is 0 Å². The number of pyridine rings is 1. The van der Waals surface area contributed by atoms with Crippen molar-refractivity contribution in [2.75, 3.05) is 26.7 Å². The summed E-state index contributed by atoms with van der Waals surface area (Å²) in [4.78, 5) is 44.8. The van der Waals surface area contributed by atoms with Gasteiger partial charge in [0.15, 0.2) is 0 Å². The quantitative estimate of drug-likeness (QED) is 0.111. The number of amides is 2. The van der Waals surface area contributed by atoms with Crippen molar-refractivity contribution in [3.8, 4) is 11.5 Å². The van der Waals surface area contributed by atoms with Gasteiger partial charge in [0.05, 0.1) is 23.8 Å². The zero-order chi connectivity index (χ0) is 39.9. The summed E-state index contributed by atoms with van der Waals surface area (Å²) >= 11 is 0.347. The van der Waals surface area contributed by atoms with Gasteiger partial charge in [-0.05, 0) is 50.3 Å². The van der Waals surface area contributed by atoms with Gasteiger partial charge < -0.3 is 29.5 Å². The molecule has 1 aromatic carbocycles. The number of likely N-dealkylation sites (N-methyl/N-ethyl adjacent to an activating group) is 1. The van der Waals surface area contributed by atoms with E-state index in [0.29, 0.717) is 29.1 Å². The lowest BCUT2D eigenvalue weighted by Crippen LogP contribution is -2.67. The van der Waals surface area contributed by atoms with Gasteiger partial charge in [0.1, 0.15) is 22.1 Å². The number of nitrogens with zero attached hydrogens (tertiary/aromatic N) is 3. The van der Waals surface area contributed by atoms with E-state index in [-0.39, 0.29) is 70.4 Å². The molecule has 1 saturated heterocycles. The van der Waals surface area contributed by atoms with Crippen LogP contribution in [0, 0.1) is 0 Å². The minimum absolute atomic E-state index is 0.0429. The topological polar surface area (TPSA) is 130 Å². The van der Waals surface area contributed by atoms with E-state index in [9.17, 15) is 45.8 Å². The van der Waals surface area contributed by atoms with Crippen LogP contribution in [0.15, 0.2) is 54.0 Å². The number of carboxylic acids is 1. The fourth-order valence-corrected chi connectivity index (χ4v) is 7.41. The Morgan fingerprint density at radius 3 is 2.39 bits per heavy atom. The van der Waals surface area contributed by atoms with Gasteiger partial charge in [-0.25, -0.2) is 0 Å². The highest BCUT2D eigenvalue weighted by atomic mass is 32.1. The van der Waals surface area contributed by atoms with E-state index in [1.54, 1.807) is 38.1 Å². The Morgan fingerprint density at radius 2 is 1.76 bits per heavy atom. The molecule has 17 heteroatoms. The van der Waals surface area contributed by atoms with E-state index in [4.69, 9.17) is 14.6 Å². The SMILES string of the molecule is CCC[C@H]1N(C(=O)c2ncccc2C(F)(F)F)CCC[C@@]1(Oc1csc(C(F)(F)F)c1)C(=O)N(C)CCC(O)(CC)c1ccccc1OCCCC(=O)O. The third kappa shape index (κ3) is 9.64. The van der Waals surface area contributed by atoms with E-state index in [1.165, 1.54) is 11.9 Å². The predicted octanol–water partition coefficient (Wildman–Crippen LogP) is 7.79. The van der Waals surface area contributed by atoms with Crippen LogP contribution < -0.4 is 9.47 Å². The number of likely N-dealkylation sites (tertiary alicyclic amines) is 1. The summed E-state index contributed by atoms with van der Waals surface area (Å²) < 4.78 is 95.1. The van der Waals surface area contributed by atoms with Crippen molar-refractivity contribution < 1.29 is 60.4 Å². The van der Waals surface area contributed by atoms with Crippen LogP contribution in [0.1, 0.15) is 91.7 Å². The van der Waals surface area contributed by atoms with Gasteiger partial charge in [0.25, 0.3) is 11.8 Å². The van der Waals surface area contributed by atoms with Gasteiger partial charge >= 0.3 is 18.3 Å². The predicted molar refractivity (Wildman–Crippen MR) is 186 cm³/mol. The molecule has 0 saturated carbocycles. The molecule has 1 unspecified atom stereocenters. The Morgan fingerprint density at radius 1 is 1.06 bits per heavy atom. The minimum Gasteiger partial charge on any atom is -0.493 e. The Kier molecular flexibility index (Phi) is 13.6. The second-order valence-electron chi connectivity index (χ2n) is 13.1. The maximum atomic E-state index is 14.8. The number of hydrogen-bond acceptors (Lipinski definition) is 8. The molecule has 2 aromatic heterocycles. The van der Waals surface area contributed by atoms with Crippen LogP contribution in [0.3, 0.4) is 0 Å². The number of ether oxygens (including phenoxy) is 2. The van der Waals surface area contributed by atoms with Gasteiger partial charge in [-0.2, -0.15) is 26.3 Å². The highest BCUT2D eigenvalue weighted by Gasteiger charge is 2.55. The molecule has 0 spiro atoms. The number of carbonyl (C=O) groups is 3. The number of para-hydroxylation sites is 1. The molecule has 1 aliphatic rings. The summed E-state index contributed by atoms with van der Waals surface area (Å²) in [6, 6.07) is 7.92. The van der Waals surface area contributed by atoms with Gasteiger partial charge in [0.2, 0.25) is 5.60 Å². The summed E-state index contributed by atoms with van der Waals surface area (Å²) in [7, 11) is 1.41. The maximum absolute atomic E-state index is 14.8. The lowest BCUT2D eigenvalue weighted by Gasteiger charge is -2.49. The van der Waals surface area contributed by atoms with Crippen LogP contribution in [0.25, 0.3) is 0 Å². The number of piperidine rings is 1. The van der Waals surface area contributed by atoms with Crippen LogP contribution in [0.5, 0.6) is 11.5 Å². The molecule has 2 N–H and O–H groups in total. The van der Waals surface area contributed by atoms with Crippen LogP contribution in [0.2, 0.25) is 0 Å². The van der Waals surface area contributed by atoms with E-state index in [0.717, 1.165) is 34.7 Å². The Balaban J connectivity index is 1.71. The molecule has 54 heavy (non-hydrogen) atoms. The number of aliphatic hydroxyl groups is 1. The largest absolute Gasteiger partial charge is 0.493 e. The number of aliphatic carboxylic acids is 1. The number of thiophene rings is 1. The minimum atomic E-state index is -4.93. The van der Waals surface area contributed by atoms with Crippen molar-refractivity contribution in [3.63, 3.8) is 0 Å². The summed E-state index contributed by atoms with van der Waals surface area (Å²) in [6.07, 6.45) is -8.06. The van der Waals surface area contributed by atoms with E-state index in [2.05, 4.69) is 4.98 Å². The summed E-state index contributed by atoms with van der Waals surface area (Å²) in [5.74, 6) is -2.81. The average molecular weight is 788 g/mol. The van der Waals surface area contributed by atoms with Crippen LogP contribution >= 0.6 is 11.3 Å². The third-order valence-corrected chi connectivity index (χ3v) is 10.4. The molecular weight excluding hydrogens is 744 g/mol. The molecule has 0 bridgehead atoms. The number of carbonyl (C=O) groups excluding carboxylic acids is 2. The first-order valence-corrected chi connectivity index (χ1v) is 18.4. The fourth-order valence-electron chi connectivity index (χ4n) is 6.74. The average Bonchev–Trinajstić information content (AvgIpc) is 3.61. The number of rotatable bonds is 16. The Labute approximate surface area is 312 Å². The molecule has 0 aliphatic carbocycles. The normalized spacial score (nSPS) is 18.9. The van der Waals surface area contributed by atoms with Crippen molar-refractivity contribution in [2.45, 2.75) is 94.8 Å². The first-order valence-electron chi connectivity index (χ1n) is 17.5. The monoisotopic (exact) mass is 787 g/mol. The lowest BCUT2D eigenvalue weighted by molar-refractivity contribution is -0.158. The number of hydrogen-bond donors (Lipinski definition) is 2. The number of aromatic nitrogens is 1. The molecular formula is C37H43F6N3O7S. The van der Waals surface area contributed by atoms with Crippen LogP contribution in [-0.4, -0.2) is 81.2 Å². The number of benzene rings is 1. The van der Waals surface area contributed by atoms with Gasteiger partial charge in [-0.15, -0.1) is 11.3 Å². The molecule has 296 valence electrons. The molecule has 1 fully saturated rings. The number of carboxylic acid groups (broad SMARTS) is 1. The zero-order valence-corrected chi connectivity index (χ0v) is 30.8. The molecule has 3 atom stereocenters. The van der Waals surface area contributed by atoms with Crippen molar-refractivity contribution in [1.29, 1.82) is 0 Å². The van der Waals surface area contributed by atoms with E-state index in [1.807, 2.05) is 0 Å². The maximum Gasteiger partial charge on any atom is 0.425 e. The number of alkyl halides is 6. The highest BCUT2D eigenvalue weighted by molar-refractivity contribution is 7.10. The Bertz CT molecular complexity index is 1770. The second-order valence-corrected chi connectivity index (χ2v) is 14.1. The van der Waals surface area contributed by atoms with Crippen molar-refractivity contribution in [2.24, 2.45) is 0 Å². The molecule has 10 nitrogen and oxygen atoms in total. The third-order valence-electron chi connectivity index (χ3n) is 9.49. The van der Waals surface area contributed by atoms with Gasteiger partial charge in [-0.3, -0.25) is 19.4 Å². The van der Waals surface area contributed by atoms with Gasteiger partial charge in [0, 0.05) is 56.2 Å². The summed E-state index contributed by atoms with van der Waals surface area (Å²) in [5, 5.41) is 22.0. The molecule has 3 aromatic rings.